The lowest BCUT2D eigenvalue weighted by atomic mass is 10.1. The van der Waals surface area contributed by atoms with Crippen LogP contribution in [0.15, 0.2) is 54.6 Å². The number of benzene rings is 2. The lowest BCUT2D eigenvalue weighted by Crippen LogP contribution is -2.44. The molecule has 1 atom stereocenters. The van der Waals surface area contributed by atoms with Crippen molar-refractivity contribution in [3.05, 3.63) is 71.5 Å². The first-order valence-electron chi connectivity index (χ1n) is 8.11. The third kappa shape index (κ3) is 6.77. The number of carbonyl (C=O) groups excluding carboxylic acids is 3. The van der Waals surface area contributed by atoms with Gasteiger partial charge >= 0.3 is 12.1 Å². The minimum atomic E-state index is -1.25. The number of halogens is 1. The van der Waals surface area contributed by atoms with Crippen LogP contribution >= 0.6 is 0 Å². The van der Waals surface area contributed by atoms with E-state index < -0.39 is 36.4 Å². The molecule has 0 radical (unpaired) electrons. The third-order valence-electron chi connectivity index (χ3n) is 3.53. The molecule has 0 aliphatic rings. The average Bonchev–Trinajstić information content (AvgIpc) is 2.66. The van der Waals surface area contributed by atoms with Crippen LogP contribution in [-0.2, 0) is 32.1 Å². The van der Waals surface area contributed by atoms with Gasteiger partial charge in [0.1, 0.15) is 18.5 Å². The van der Waals surface area contributed by atoms with Crippen molar-refractivity contribution < 1.29 is 28.2 Å². The number of hydrogen-bond acceptors (Lipinski definition) is 5. The number of alkyl carbamates (subject to hydrolysis) is 1. The van der Waals surface area contributed by atoms with E-state index in [4.69, 9.17) is 15.2 Å². The van der Waals surface area contributed by atoms with Crippen molar-refractivity contribution >= 4 is 18.0 Å². The van der Waals surface area contributed by atoms with Gasteiger partial charge in [-0.3, -0.25) is 4.79 Å². The van der Waals surface area contributed by atoms with Crippen molar-refractivity contribution in [2.45, 2.75) is 19.1 Å². The lowest BCUT2D eigenvalue weighted by Gasteiger charge is -2.17. The summed E-state index contributed by atoms with van der Waals surface area (Å²) in [6, 6.07) is 13.5. The second-order valence-corrected chi connectivity index (χ2v) is 5.63. The van der Waals surface area contributed by atoms with Gasteiger partial charge in [-0.15, -0.1) is 0 Å². The highest BCUT2D eigenvalue weighted by Gasteiger charge is 2.25. The lowest BCUT2D eigenvalue weighted by molar-refractivity contribution is -0.149. The summed E-state index contributed by atoms with van der Waals surface area (Å²) < 4.78 is 23.7. The summed E-state index contributed by atoms with van der Waals surface area (Å²) in [6.07, 6.45) is -1.05. The largest absolute Gasteiger partial charge is 0.454 e. The first-order valence-corrected chi connectivity index (χ1v) is 8.11. The van der Waals surface area contributed by atoms with Crippen LogP contribution in [0, 0.1) is 5.82 Å². The fourth-order valence-corrected chi connectivity index (χ4v) is 2.23. The summed E-state index contributed by atoms with van der Waals surface area (Å²) >= 11 is 0. The maximum absolute atomic E-state index is 13.9. The number of rotatable bonds is 8. The topological polar surface area (TPSA) is 108 Å². The van der Waals surface area contributed by atoms with Crippen molar-refractivity contribution in [1.29, 1.82) is 0 Å². The molecule has 0 aromatic heterocycles. The van der Waals surface area contributed by atoms with Crippen molar-refractivity contribution in [3.63, 3.8) is 0 Å². The maximum Gasteiger partial charge on any atom is 0.408 e. The summed E-state index contributed by atoms with van der Waals surface area (Å²) in [5.41, 5.74) is 5.90. The van der Waals surface area contributed by atoms with Gasteiger partial charge in [0.15, 0.2) is 6.61 Å². The fraction of sp³-hybridized carbons (Fsp3) is 0.211. The molecule has 2 aromatic rings. The Morgan fingerprint density at radius 3 is 2.33 bits per heavy atom. The molecule has 3 N–H and O–H groups in total. The molecule has 2 amide bonds. The van der Waals surface area contributed by atoms with E-state index in [1.165, 1.54) is 18.2 Å². The van der Waals surface area contributed by atoms with Gasteiger partial charge in [-0.25, -0.2) is 14.0 Å². The highest BCUT2D eigenvalue weighted by atomic mass is 19.1. The molecule has 0 saturated heterocycles. The molecule has 2 rings (SSSR count). The highest BCUT2D eigenvalue weighted by molar-refractivity contribution is 5.84. The van der Waals surface area contributed by atoms with E-state index in [-0.39, 0.29) is 18.6 Å². The Balaban J connectivity index is 2.01. The Morgan fingerprint density at radius 2 is 1.67 bits per heavy atom. The quantitative estimate of drug-likeness (QED) is 0.684. The molecular weight excluding hydrogens is 355 g/mol. The van der Waals surface area contributed by atoms with E-state index in [1.54, 1.807) is 30.3 Å². The van der Waals surface area contributed by atoms with Gasteiger partial charge in [-0.05, 0) is 17.2 Å². The van der Waals surface area contributed by atoms with Gasteiger partial charge in [0.05, 0.1) is 0 Å². The van der Waals surface area contributed by atoms with Crippen LogP contribution in [0.1, 0.15) is 11.1 Å². The fourth-order valence-electron chi connectivity index (χ4n) is 2.23. The number of nitrogens with two attached hydrogens (primary N) is 1. The molecule has 0 spiro atoms. The summed E-state index contributed by atoms with van der Waals surface area (Å²) in [5, 5.41) is 2.33. The molecule has 27 heavy (non-hydrogen) atoms. The Labute approximate surface area is 155 Å². The maximum atomic E-state index is 13.9. The van der Waals surface area contributed by atoms with Crippen molar-refractivity contribution in [2.24, 2.45) is 5.73 Å². The summed E-state index contributed by atoms with van der Waals surface area (Å²) in [5.74, 6) is -2.31. The predicted octanol–water partition coefficient (Wildman–Crippen LogP) is 1.69. The number of amides is 2. The number of nitrogens with one attached hydrogen (secondary N) is 1. The number of primary amides is 1. The van der Waals surface area contributed by atoms with Crippen molar-refractivity contribution in [1.82, 2.24) is 5.32 Å². The second kappa shape index (κ2) is 9.91. The van der Waals surface area contributed by atoms with E-state index in [2.05, 4.69) is 5.32 Å². The molecular formula is C19H19FN2O5. The molecule has 0 aliphatic carbocycles. The van der Waals surface area contributed by atoms with E-state index in [9.17, 15) is 18.8 Å². The molecule has 8 heteroatoms. The molecule has 0 fully saturated rings. The molecule has 0 saturated carbocycles. The number of esters is 1. The SMILES string of the molecule is NC(=O)COC(=O)[C@@H](Cc1ccccc1F)NC(=O)OCc1ccccc1. The zero-order valence-electron chi connectivity index (χ0n) is 14.4. The third-order valence-corrected chi connectivity index (χ3v) is 3.53. The molecule has 0 aliphatic heterocycles. The second-order valence-electron chi connectivity index (χ2n) is 5.63. The molecule has 7 nitrogen and oxygen atoms in total. The molecule has 2 aromatic carbocycles. The van der Waals surface area contributed by atoms with Gasteiger partial charge in [-0.1, -0.05) is 48.5 Å². The minimum absolute atomic E-state index is 0.00454. The number of ether oxygens (including phenoxy) is 2. The van der Waals surface area contributed by atoms with Crippen LogP contribution in [0.25, 0.3) is 0 Å². The summed E-state index contributed by atoms with van der Waals surface area (Å²) in [4.78, 5) is 35.0. The van der Waals surface area contributed by atoms with E-state index >= 15 is 0 Å². The van der Waals surface area contributed by atoms with Crippen LogP contribution in [0.5, 0.6) is 0 Å². The number of hydrogen-bond donors (Lipinski definition) is 2. The Bertz CT molecular complexity index is 798. The first kappa shape index (κ1) is 19.9. The van der Waals surface area contributed by atoms with Crippen LogP contribution in [0.3, 0.4) is 0 Å². The minimum Gasteiger partial charge on any atom is -0.454 e. The zero-order valence-corrected chi connectivity index (χ0v) is 14.4. The zero-order chi connectivity index (χ0) is 19.6. The normalized spacial score (nSPS) is 11.3. The van der Waals surface area contributed by atoms with Gasteiger partial charge in [-0.2, -0.15) is 0 Å². The van der Waals surface area contributed by atoms with E-state index in [0.717, 1.165) is 5.56 Å². The number of carbonyl (C=O) groups is 3. The smallest absolute Gasteiger partial charge is 0.408 e. The van der Waals surface area contributed by atoms with Gasteiger partial charge in [0.2, 0.25) is 0 Å². The van der Waals surface area contributed by atoms with Gasteiger partial charge in [0, 0.05) is 6.42 Å². The van der Waals surface area contributed by atoms with Gasteiger partial charge in [0.25, 0.3) is 5.91 Å². The highest BCUT2D eigenvalue weighted by Crippen LogP contribution is 2.11. The van der Waals surface area contributed by atoms with E-state index in [1.807, 2.05) is 6.07 Å². The van der Waals surface area contributed by atoms with Gasteiger partial charge < -0.3 is 20.5 Å². The summed E-state index contributed by atoms with van der Waals surface area (Å²) in [7, 11) is 0. The Morgan fingerprint density at radius 1 is 1.00 bits per heavy atom. The van der Waals surface area contributed by atoms with Crippen LogP contribution in [0.4, 0.5) is 9.18 Å². The summed E-state index contributed by atoms with van der Waals surface area (Å²) in [6.45, 7) is -0.650. The molecule has 0 unspecified atom stereocenters. The molecule has 0 heterocycles. The molecule has 142 valence electrons. The van der Waals surface area contributed by atoms with Crippen LogP contribution in [-0.4, -0.2) is 30.6 Å². The van der Waals surface area contributed by atoms with Crippen molar-refractivity contribution in [3.8, 4) is 0 Å². The van der Waals surface area contributed by atoms with Crippen LogP contribution < -0.4 is 11.1 Å². The average molecular weight is 374 g/mol. The standard InChI is InChI=1S/C19H19FN2O5/c20-15-9-5-4-8-14(15)10-16(18(24)26-12-17(21)23)22-19(25)27-11-13-6-2-1-3-7-13/h1-9,16H,10-12H2,(H2,21,23)(H,22,25)/t16-/m1/s1. The van der Waals surface area contributed by atoms with E-state index in [0.29, 0.717) is 0 Å². The Kier molecular flexibility index (Phi) is 7.30. The predicted molar refractivity (Wildman–Crippen MR) is 93.8 cm³/mol. The monoisotopic (exact) mass is 374 g/mol. The van der Waals surface area contributed by atoms with Crippen LogP contribution in [0.2, 0.25) is 0 Å². The first-order chi connectivity index (χ1) is 13.0. The van der Waals surface area contributed by atoms with Crippen molar-refractivity contribution in [2.75, 3.05) is 6.61 Å². The molecule has 0 bridgehead atoms. The Hall–Kier alpha value is -3.42.